The van der Waals surface area contributed by atoms with Gasteiger partial charge in [-0.15, -0.1) is 0 Å². The molecule has 2 N–H and O–H groups in total. The molecule has 0 spiro atoms. The van der Waals surface area contributed by atoms with Crippen molar-refractivity contribution in [1.29, 1.82) is 0 Å². The van der Waals surface area contributed by atoms with Gasteiger partial charge in [0.25, 0.3) is 5.91 Å². The second-order valence-corrected chi connectivity index (χ2v) is 9.08. The number of carbonyl (C=O) groups is 1. The van der Waals surface area contributed by atoms with Crippen LogP contribution in [0.1, 0.15) is 21.6 Å². The molecule has 0 radical (unpaired) electrons. The van der Waals surface area contributed by atoms with Crippen LogP contribution in [-0.4, -0.2) is 44.0 Å². The van der Waals surface area contributed by atoms with Crippen LogP contribution in [0.2, 0.25) is 0 Å². The lowest BCUT2D eigenvalue weighted by atomic mass is 10.1. The number of aryl methyl sites for hydroxylation is 1. The fourth-order valence-electron chi connectivity index (χ4n) is 2.74. The molecule has 0 atom stereocenters. The standard InChI is InChI=1S/C19H21BrN4O4S/c1-13-3-5-16(29(26,27)22-7-8-28-2)9-17(13)19(25)21-10-15-12-24-11-14(20)4-6-18(24)23-15/h3-6,9,11-12,22H,7-8,10H2,1-2H3,(H,21,25). The molecule has 0 saturated carbocycles. The summed E-state index contributed by atoms with van der Waals surface area (Å²) in [6.07, 6.45) is 3.70. The van der Waals surface area contributed by atoms with Gasteiger partial charge in [-0.25, -0.2) is 18.1 Å². The van der Waals surface area contributed by atoms with Gasteiger partial charge in [-0.05, 0) is 52.7 Å². The number of ether oxygens (including phenoxy) is 1. The zero-order valence-corrected chi connectivity index (χ0v) is 18.4. The summed E-state index contributed by atoms with van der Waals surface area (Å²) >= 11 is 3.41. The maximum absolute atomic E-state index is 12.7. The number of hydrogen-bond acceptors (Lipinski definition) is 5. The molecule has 29 heavy (non-hydrogen) atoms. The number of nitrogens with one attached hydrogen (secondary N) is 2. The van der Waals surface area contributed by atoms with Crippen molar-refractivity contribution in [2.75, 3.05) is 20.3 Å². The first-order valence-electron chi connectivity index (χ1n) is 8.81. The number of benzene rings is 1. The molecule has 2 aromatic heterocycles. The van der Waals surface area contributed by atoms with E-state index >= 15 is 0 Å². The van der Waals surface area contributed by atoms with Gasteiger partial charge in [0.2, 0.25) is 10.0 Å². The largest absolute Gasteiger partial charge is 0.383 e. The number of hydrogen-bond donors (Lipinski definition) is 2. The summed E-state index contributed by atoms with van der Waals surface area (Å²) in [5.41, 5.74) is 2.44. The summed E-state index contributed by atoms with van der Waals surface area (Å²) in [6, 6.07) is 8.22. The Morgan fingerprint density at radius 3 is 2.79 bits per heavy atom. The van der Waals surface area contributed by atoms with Gasteiger partial charge in [-0.3, -0.25) is 4.79 Å². The van der Waals surface area contributed by atoms with E-state index in [0.29, 0.717) is 16.8 Å². The van der Waals surface area contributed by atoms with Gasteiger partial charge >= 0.3 is 0 Å². The fraction of sp³-hybridized carbons (Fsp3) is 0.263. The Hall–Kier alpha value is -2.27. The van der Waals surface area contributed by atoms with Gasteiger partial charge in [-0.1, -0.05) is 6.07 Å². The number of imidazole rings is 1. The van der Waals surface area contributed by atoms with E-state index in [1.807, 2.05) is 28.9 Å². The van der Waals surface area contributed by atoms with Crippen LogP contribution in [-0.2, 0) is 21.3 Å². The molecule has 3 aromatic rings. The summed E-state index contributed by atoms with van der Waals surface area (Å²) in [5, 5.41) is 2.80. The van der Waals surface area contributed by atoms with Crippen LogP contribution in [0.5, 0.6) is 0 Å². The van der Waals surface area contributed by atoms with Gasteiger partial charge in [0, 0.05) is 36.1 Å². The molecule has 10 heteroatoms. The van der Waals surface area contributed by atoms with Crippen LogP contribution in [0.15, 0.2) is 52.1 Å². The van der Waals surface area contributed by atoms with E-state index in [2.05, 4.69) is 31.0 Å². The number of halogens is 1. The minimum Gasteiger partial charge on any atom is -0.383 e. The number of pyridine rings is 1. The Balaban J connectivity index is 1.74. The number of methoxy groups -OCH3 is 1. The predicted molar refractivity (Wildman–Crippen MR) is 112 cm³/mol. The minimum absolute atomic E-state index is 0.0296. The summed E-state index contributed by atoms with van der Waals surface area (Å²) in [7, 11) is -2.23. The number of fused-ring (bicyclic) bond motifs is 1. The van der Waals surface area contributed by atoms with Crippen molar-refractivity contribution < 1.29 is 17.9 Å². The number of carbonyl (C=O) groups excluding carboxylic acids is 1. The van der Waals surface area contributed by atoms with Crippen LogP contribution in [0.25, 0.3) is 5.65 Å². The van der Waals surface area contributed by atoms with Crippen LogP contribution >= 0.6 is 15.9 Å². The highest BCUT2D eigenvalue weighted by molar-refractivity contribution is 9.10. The maximum atomic E-state index is 12.7. The average Bonchev–Trinajstić information content (AvgIpc) is 3.08. The second kappa shape index (κ2) is 9.04. The van der Waals surface area contributed by atoms with Crippen molar-refractivity contribution in [3.8, 4) is 0 Å². The molecule has 0 bridgehead atoms. The van der Waals surface area contributed by atoms with Gasteiger partial charge in [0.05, 0.1) is 23.7 Å². The predicted octanol–water partition coefficient (Wildman–Crippen LogP) is 2.26. The van der Waals surface area contributed by atoms with Crippen molar-refractivity contribution in [3.05, 3.63) is 64.0 Å². The van der Waals surface area contributed by atoms with Crippen molar-refractivity contribution in [3.63, 3.8) is 0 Å². The maximum Gasteiger partial charge on any atom is 0.251 e. The Morgan fingerprint density at radius 1 is 1.24 bits per heavy atom. The van der Waals surface area contributed by atoms with Crippen LogP contribution < -0.4 is 10.0 Å². The van der Waals surface area contributed by atoms with Gasteiger partial charge in [0.1, 0.15) is 5.65 Å². The number of nitrogens with zero attached hydrogens (tertiary/aromatic N) is 2. The topological polar surface area (TPSA) is 102 Å². The molecule has 2 heterocycles. The lowest BCUT2D eigenvalue weighted by Gasteiger charge is -2.10. The lowest BCUT2D eigenvalue weighted by molar-refractivity contribution is 0.0949. The smallest absolute Gasteiger partial charge is 0.251 e. The van der Waals surface area contributed by atoms with E-state index < -0.39 is 10.0 Å². The van der Waals surface area contributed by atoms with Crippen molar-refractivity contribution in [1.82, 2.24) is 19.4 Å². The Labute approximate surface area is 177 Å². The molecular weight excluding hydrogens is 460 g/mol. The van der Waals surface area contributed by atoms with Gasteiger partial charge in [0.15, 0.2) is 0 Å². The first-order valence-corrected chi connectivity index (χ1v) is 11.1. The van der Waals surface area contributed by atoms with Gasteiger partial charge in [-0.2, -0.15) is 0 Å². The molecule has 1 amide bonds. The molecule has 0 saturated heterocycles. The molecule has 8 nitrogen and oxygen atoms in total. The quantitative estimate of drug-likeness (QED) is 0.481. The van der Waals surface area contributed by atoms with E-state index in [9.17, 15) is 13.2 Å². The third-order valence-electron chi connectivity index (χ3n) is 4.26. The molecule has 0 aliphatic rings. The number of rotatable bonds is 8. The average molecular weight is 481 g/mol. The molecular formula is C19H21BrN4O4S. The Kier molecular flexibility index (Phi) is 6.68. The molecule has 154 valence electrons. The van der Waals surface area contributed by atoms with E-state index in [1.54, 1.807) is 13.0 Å². The fourth-order valence-corrected chi connectivity index (χ4v) is 4.13. The van der Waals surface area contributed by atoms with E-state index in [0.717, 1.165) is 10.1 Å². The lowest BCUT2D eigenvalue weighted by Crippen LogP contribution is -2.28. The third-order valence-corrected chi connectivity index (χ3v) is 6.18. The molecule has 0 fully saturated rings. The molecule has 0 aliphatic carbocycles. The Bertz CT molecular complexity index is 1140. The highest BCUT2D eigenvalue weighted by Crippen LogP contribution is 2.16. The normalized spacial score (nSPS) is 11.7. The zero-order valence-electron chi connectivity index (χ0n) is 16.0. The summed E-state index contributed by atoms with van der Waals surface area (Å²) in [4.78, 5) is 17.1. The number of aromatic nitrogens is 2. The molecule has 3 rings (SSSR count). The molecule has 1 aromatic carbocycles. The van der Waals surface area contributed by atoms with Gasteiger partial charge < -0.3 is 14.5 Å². The zero-order chi connectivity index (χ0) is 21.0. The highest BCUT2D eigenvalue weighted by atomic mass is 79.9. The number of amides is 1. The summed E-state index contributed by atoms with van der Waals surface area (Å²) < 4.78 is 34.8. The van der Waals surface area contributed by atoms with E-state index in [-0.39, 0.29) is 30.5 Å². The van der Waals surface area contributed by atoms with Crippen molar-refractivity contribution in [2.24, 2.45) is 0 Å². The summed E-state index contributed by atoms with van der Waals surface area (Å²) in [6.45, 7) is 2.39. The summed E-state index contributed by atoms with van der Waals surface area (Å²) in [5.74, 6) is -0.366. The first-order chi connectivity index (χ1) is 13.8. The first kappa shape index (κ1) is 21.4. The van der Waals surface area contributed by atoms with Crippen LogP contribution in [0.3, 0.4) is 0 Å². The van der Waals surface area contributed by atoms with E-state index in [4.69, 9.17) is 4.74 Å². The second-order valence-electron chi connectivity index (χ2n) is 6.40. The highest BCUT2D eigenvalue weighted by Gasteiger charge is 2.18. The van der Waals surface area contributed by atoms with Crippen molar-refractivity contribution >= 4 is 37.5 Å². The molecule has 0 aliphatic heterocycles. The van der Waals surface area contributed by atoms with Crippen molar-refractivity contribution in [2.45, 2.75) is 18.4 Å². The third kappa shape index (κ3) is 5.21. The SMILES string of the molecule is COCCNS(=O)(=O)c1ccc(C)c(C(=O)NCc2cn3cc(Br)ccc3n2)c1. The molecule has 0 unspecified atom stereocenters. The van der Waals surface area contributed by atoms with E-state index in [1.165, 1.54) is 19.2 Å². The Morgan fingerprint density at radius 2 is 2.03 bits per heavy atom. The number of sulfonamides is 1. The van der Waals surface area contributed by atoms with Crippen LogP contribution in [0, 0.1) is 6.92 Å². The minimum atomic E-state index is -3.72. The van der Waals surface area contributed by atoms with Crippen LogP contribution in [0.4, 0.5) is 0 Å². The monoisotopic (exact) mass is 480 g/mol.